The van der Waals surface area contributed by atoms with E-state index in [0.29, 0.717) is 31.6 Å². The number of hydrogen-bond acceptors (Lipinski definition) is 15. The SMILES string of the molecule is CCCCCCCC(=O)OC[C@H](COP(=O)(O)OC[C@H](O)COP(=O)(O)OC[C@@H](COC(=O)CCCCCCCCCC(C)C)OC(=O)CCCCCCCCCCCC(C)C)OC(=O)CCCCCCC. The van der Waals surface area contributed by atoms with E-state index in [0.717, 1.165) is 109 Å². The van der Waals surface area contributed by atoms with Crippen molar-refractivity contribution >= 4 is 39.5 Å². The van der Waals surface area contributed by atoms with Crippen LogP contribution in [-0.2, 0) is 65.4 Å². The zero-order chi connectivity index (χ0) is 53.7. The minimum Gasteiger partial charge on any atom is -0.462 e. The highest BCUT2D eigenvalue weighted by Crippen LogP contribution is 2.45. The molecule has 0 saturated carbocycles. The van der Waals surface area contributed by atoms with Gasteiger partial charge in [0.15, 0.2) is 12.2 Å². The van der Waals surface area contributed by atoms with E-state index in [4.69, 9.17) is 37.0 Å². The summed E-state index contributed by atoms with van der Waals surface area (Å²) in [7, 11) is -9.85. The number of rotatable bonds is 52. The molecule has 0 radical (unpaired) electrons. The molecule has 19 heteroatoms. The van der Waals surface area contributed by atoms with Gasteiger partial charge in [0.2, 0.25) is 0 Å². The number of ether oxygens (including phenoxy) is 4. The molecule has 5 atom stereocenters. The standard InChI is InChI=1S/C53H102O17P2/c1-7-9-11-21-29-35-50(55)63-41-48(69-52(57)37-31-22-12-10-8-2)43-67-71(59,60)65-39-47(54)40-66-72(61,62)68-44-49(42-64-51(56)36-30-25-20-16-18-24-28-34-46(5)6)70-53(58)38-32-26-19-15-13-14-17-23-27-33-45(3)4/h45-49,54H,7-44H2,1-6H3,(H,59,60)(H,61,62)/t47-,48+,49+/m0/s1. The molecule has 0 aromatic carbocycles. The van der Waals surface area contributed by atoms with Crippen LogP contribution in [0, 0.1) is 11.8 Å². The third-order valence-corrected chi connectivity index (χ3v) is 13.9. The van der Waals surface area contributed by atoms with Crippen LogP contribution in [0.2, 0.25) is 0 Å². The first-order valence-corrected chi connectivity index (χ1v) is 31.0. The second-order valence-corrected chi connectivity index (χ2v) is 23.1. The van der Waals surface area contributed by atoms with Crippen molar-refractivity contribution < 1.29 is 80.2 Å². The molecule has 3 N–H and O–H groups in total. The summed E-state index contributed by atoms with van der Waals surface area (Å²) in [5, 5.41) is 10.4. The summed E-state index contributed by atoms with van der Waals surface area (Å²) < 4.78 is 67.1. The summed E-state index contributed by atoms with van der Waals surface area (Å²) in [5.74, 6) is -0.732. The Morgan fingerprint density at radius 2 is 0.639 bits per heavy atom. The molecule has 0 rings (SSSR count). The predicted octanol–water partition coefficient (Wildman–Crippen LogP) is 13.4. The van der Waals surface area contributed by atoms with E-state index in [-0.39, 0.29) is 25.7 Å². The van der Waals surface area contributed by atoms with Gasteiger partial charge >= 0.3 is 39.5 Å². The van der Waals surface area contributed by atoms with Gasteiger partial charge in [-0.2, -0.15) is 0 Å². The van der Waals surface area contributed by atoms with Crippen LogP contribution in [0.15, 0.2) is 0 Å². The molecule has 0 aliphatic rings. The van der Waals surface area contributed by atoms with Crippen LogP contribution in [0.4, 0.5) is 0 Å². The fraction of sp³-hybridized carbons (Fsp3) is 0.925. The fourth-order valence-electron chi connectivity index (χ4n) is 7.59. The van der Waals surface area contributed by atoms with Gasteiger partial charge in [-0.3, -0.25) is 37.3 Å². The Morgan fingerprint density at radius 1 is 0.375 bits per heavy atom. The van der Waals surface area contributed by atoms with Crippen molar-refractivity contribution in [2.75, 3.05) is 39.6 Å². The van der Waals surface area contributed by atoms with Gasteiger partial charge < -0.3 is 33.8 Å². The zero-order valence-electron chi connectivity index (χ0n) is 45.7. The smallest absolute Gasteiger partial charge is 0.462 e. The summed E-state index contributed by atoms with van der Waals surface area (Å²) in [6.07, 6.45) is 24.7. The van der Waals surface area contributed by atoms with Crippen LogP contribution in [-0.4, -0.2) is 96.7 Å². The minimum atomic E-state index is -4.93. The van der Waals surface area contributed by atoms with Crippen LogP contribution in [0.25, 0.3) is 0 Å². The number of carbonyl (C=O) groups is 4. The topological polar surface area (TPSA) is 237 Å². The lowest BCUT2D eigenvalue weighted by Crippen LogP contribution is -2.30. The Hall–Kier alpha value is -1.94. The van der Waals surface area contributed by atoms with Crippen LogP contribution in [0.3, 0.4) is 0 Å². The number of phosphoric acid groups is 2. The van der Waals surface area contributed by atoms with Gasteiger partial charge in [-0.1, -0.05) is 196 Å². The number of aliphatic hydroxyl groups is 1. The molecule has 0 fully saturated rings. The lowest BCUT2D eigenvalue weighted by molar-refractivity contribution is -0.161. The molecule has 0 spiro atoms. The van der Waals surface area contributed by atoms with Crippen molar-refractivity contribution in [1.29, 1.82) is 0 Å². The van der Waals surface area contributed by atoms with Crippen molar-refractivity contribution in [2.24, 2.45) is 11.8 Å². The molecule has 72 heavy (non-hydrogen) atoms. The van der Waals surface area contributed by atoms with Crippen molar-refractivity contribution in [3.63, 3.8) is 0 Å². The molecule has 0 aromatic rings. The van der Waals surface area contributed by atoms with Crippen LogP contribution in [0.1, 0.15) is 247 Å². The molecule has 0 aromatic heterocycles. The summed E-state index contributed by atoms with van der Waals surface area (Å²) in [5.41, 5.74) is 0. The van der Waals surface area contributed by atoms with E-state index in [1.54, 1.807) is 0 Å². The molecular formula is C53H102O17P2. The number of esters is 4. The Kier molecular flexibility index (Phi) is 45.1. The molecule has 0 saturated heterocycles. The molecule has 0 aliphatic carbocycles. The van der Waals surface area contributed by atoms with Crippen LogP contribution < -0.4 is 0 Å². The van der Waals surface area contributed by atoms with Crippen molar-refractivity contribution in [3.05, 3.63) is 0 Å². The largest absolute Gasteiger partial charge is 0.472 e. The second-order valence-electron chi connectivity index (χ2n) is 20.2. The molecule has 0 heterocycles. The summed E-state index contributed by atoms with van der Waals surface area (Å²) in [6.45, 7) is 9.14. The average molecular weight is 1070 g/mol. The normalized spacial score (nSPS) is 14.7. The average Bonchev–Trinajstić information content (AvgIpc) is 3.32. The molecule has 17 nitrogen and oxygen atoms in total. The number of hydrogen-bond donors (Lipinski definition) is 3. The predicted molar refractivity (Wildman–Crippen MR) is 280 cm³/mol. The van der Waals surface area contributed by atoms with Gasteiger partial charge in [0.1, 0.15) is 19.3 Å². The first kappa shape index (κ1) is 70.1. The first-order chi connectivity index (χ1) is 34.4. The Morgan fingerprint density at radius 3 is 0.944 bits per heavy atom. The van der Waals surface area contributed by atoms with Gasteiger partial charge in [0, 0.05) is 25.7 Å². The zero-order valence-corrected chi connectivity index (χ0v) is 47.5. The van der Waals surface area contributed by atoms with E-state index in [1.165, 1.54) is 51.4 Å². The Labute approximate surface area is 435 Å². The second kappa shape index (κ2) is 46.4. The maximum absolute atomic E-state index is 12.9. The molecule has 426 valence electrons. The van der Waals surface area contributed by atoms with E-state index in [1.807, 2.05) is 0 Å². The summed E-state index contributed by atoms with van der Waals surface area (Å²) >= 11 is 0. The minimum absolute atomic E-state index is 0.0982. The highest BCUT2D eigenvalue weighted by atomic mass is 31.2. The molecule has 0 amide bonds. The van der Waals surface area contributed by atoms with Crippen LogP contribution >= 0.6 is 15.6 Å². The van der Waals surface area contributed by atoms with E-state index in [9.17, 15) is 43.2 Å². The van der Waals surface area contributed by atoms with Crippen molar-refractivity contribution in [3.8, 4) is 0 Å². The highest BCUT2D eigenvalue weighted by Gasteiger charge is 2.30. The monoisotopic (exact) mass is 1070 g/mol. The van der Waals surface area contributed by atoms with Crippen molar-refractivity contribution in [2.45, 2.75) is 265 Å². The summed E-state index contributed by atoms with van der Waals surface area (Å²) in [4.78, 5) is 71.1. The summed E-state index contributed by atoms with van der Waals surface area (Å²) in [6, 6.07) is 0. The molecule has 0 bridgehead atoms. The number of phosphoric ester groups is 2. The third-order valence-electron chi connectivity index (χ3n) is 12.0. The van der Waals surface area contributed by atoms with Crippen LogP contribution in [0.5, 0.6) is 0 Å². The Bertz CT molecular complexity index is 1450. The van der Waals surface area contributed by atoms with Gasteiger partial charge in [-0.15, -0.1) is 0 Å². The third kappa shape index (κ3) is 47.8. The maximum Gasteiger partial charge on any atom is 0.472 e. The van der Waals surface area contributed by atoms with Gasteiger partial charge in [0.25, 0.3) is 0 Å². The maximum atomic E-state index is 12.9. The Balaban J connectivity index is 5.16. The van der Waals surface area contributed by atoms with E-state index < -0.39 is 97.5 Å². The quantitative estimate of drug-likeness (QED) is 0.0222. The van der Waals surface area contributed by atoms with E-state index in [2.05, 4.69) is 41.5 Å². The lowest BCUT2D eigenvalue weighted by Gasteiger charge is -2.21. The number of unbranched alkanes of at least 4 members (excludes halogenated alkanes) is 22. The fourth-order valence-corrected chi connectivity index (χ4v) is 9.17. The number of aliphatic hydroxyl groups excluding tert-OH is 1. The van der Waals surface area contributed by atoms with Gasteiger partial charge in [-0.25, -0.2) is 9.13 Å². The molecular weight excluding hydrogens is 971 g/mol. The van der Waals surface area contributed by atoms with Crippen molar-refractivity contribution in [1.82, 2.24) is 0 Å². The molecule has 2 unspecified atom stereocenters. The lowest BCUT2D eigenvalue weighted by atomic mass is 10.0. The van der Waals surface area contributed by atoms with E-state index >= 15 is 0 Å². The molecule has 0 aliphatic heterocycles. The highest BCUT2D eigenvalue weighted by molar-refractivity contribution is 7.47. The van der Waals surface area contributed by atoms with Gasteiger partial charge in [0.05, 0.1) is 26.4 Å². The van der Waals surface area contributed by atoms with Gasteiger partial charge in [-0.05, 0) is 37.5 Å². The first-order valence-electron chi connectivity index (χ1n) is 28.0. The number of carbonyl (C=O) groups excluding carboxylic acids is 4.